The molecule has 2 aromatic rings. The molecule has 160 valence electrons. The molecule has 1 heterocycles. The number of esters is 1. The molecule has 2 N–H and O–H groups in total. The van der Waals surface area contributed by atoms with Crippen LogP contribution >= 0.6 is 0 Å². The van der Waals surface area contributed by atoms with Crippen LogP contribution in [0.25, 0.3) is 0 Å². The Hall–Kier alpha value is -3.54. The summed E-state index contributed by atoms with van der Waals surface area (Å²) < 4.78 is 10.3. The van der Waals surface area contributed by atoms with E-state index in [9.17, 15) is 14.7 Å². The van der Waals surface area contributed by atoms with Gasteiger partial charge in [0.1, 0.15) is 5.78 Å². The van der Waals surface area contributed by atoms with E-state index in [0.29, 0.717) is 23.3 Å². The summed E-state index contributed by atoms with van der Waals surface area (Å²) in [7, 11) is 2.79. The number of aromatic hydroxyl groups is 1. The van der Waals surface area contributed by atoms with Gasteiger partial charge in [-0.15, -0.1) is 0 Å². The lowest BCUT2D eigenvalue weighted by atomic mass is 9.68. The molecule has 2 aliphatic rings. The van der Waals surface area contributed by atoms with E-state index < -0.39 is 17.8 Å². The molecule has 3 atom stereocenters. The Morgan fingerprint density at radius 1 is 1.06 bits per heavy atom. The zero-order valence-electron chi connectivity index (χ0n) is 17.7. The molecule has 1 aliphatic carbocycles. The highest BCUT2D eigenvalue weighted by Gasteiger charge is 2.45. The summed E-state index contributed by atoms with van der Waals surface area (Å²) in [6, 6.07) is 14.8. The number of ether oxygens (including phenoxy) is 2. The first kappa shape index (κ1) is 20.7. The average molecular weight is 419 g/mol. The average Bonchev–Trinajstić information content (AvgIpc) is 2.78. The second-order valence-corrected chi connectivity index (χ2v) is 7.85. The van der Waals surface area contributed by atoms with Crippen LogP contribution in [0.2, 0.25) is 0 Å². The van der Waals surface area contributed by atoms with Crippen molar-refractivity contribution >= 4 is 11.8 Å². The Bertz CT molecular complexity index is 1090. The summed E-state index contributed by atoms with van der Waals surface area (Å²) in [5, 5.41) is 13.3. The van der Waals surface area contributed by atoms with E-state index in [1.165, 1.54) is 20.3 Å². The number of methoxy groups -OCH3 is 2. The third kappa shape index (κ3) is 3.69. The van der Waals surface area contributed by atoms with Crippen molar-refractivity contribution in [3.63, 3.8) is 0 Å². The number of Topliss-reactive ketones (excluding diaryl/α,β-unsaturated/α-hetero) is 1. The van der Waals surface area contributed by atoms with E-state index in [-0.39, 0.29) is 23.2 Å². The Labute approximate surface area is 181 Å². The van der Waals surface area contributed by atoms with Crippen molar-refractivity contribution < 1.29 is 24.2 Å². The van der Waals surface area contributed by atoms with Crippen molar-refractivity contribution in [1.82, 2.24) is 5.32 Å². The fourth-order valence-corrected chi connectivity index (χ4v) is 4.62. The monoisotopic (exact) mass is 419 g/mol. The lowest BCUT2D eigenvalue weighted by Crippen LogP contribution is -2.41. The van der Waals surface area contributed by atoms with Gasteiger partial charge < -0.3 is 19.9 Å². The predicted molar refractivity (Wildman–Crippen MR) is 116 cm³/mol. The molecule has 0 radical (unpaired) electrons. The maximum atomic E-state index is 13.4. The second kappa shape index (κ2) is 8.30. The van der Waals surface area contributed by atoms with Gasteiger partial charge in [0.15, 0.2) is 11.5 Å². The van der Waals surface area contributed by atoms with Crippen LogP contribution in [0.4, 0.5) is 0 Å². The fourth-order valence-electron chi connectivity index (χ4n) is 4.62. The number of phenols is 1. The standard InChI is InChI=1S/C25H25NO5/c1-14-22(25(29)31-3)23(16-9-10-19(27)21(13-16)30-2)24-18(26-14)11-17(12-20(24)28)15-7-5-4-6-8-15/h4-11,13,17,23-24,26-27H,12H2,1-3H3. The molecule has 31 heavy (non-hydrogen) atoms. The summed E-state index contributed by atoms with van der Waals surface area (Å²) >= 11 is 0. The zero-order valence-corrected chi connectivity index (χ0v) is 17.7. The Morgan fingerprint density at radius 2 is 1.81 bits per heavy atom. The van der Waals surface area contributed by atoms with E-state index in [4.69, 9.17) is 9.47 Å². The third-order valence-electron chi connectivity index (χ3n) is 6.06. The number of benzene rings is 2. The van der Waals surface area contributed by atoms with Gasteiger partial charge in [0.25, 0.3) is 0 Å². The molecule has 3 unspecified atom stereocenters. The Morgan fingerprint density at radius 3 is 2.48 bits per heavy atom. The number of hydrogen-bond donors (Lipinski definition) is 2. The molecule has 0 aromatic heterocycles. The van der Waals surface area contributed by atoms with Crippen molar-refractivity contribution in [3.05, 3.63) is 82.7 Å². The molecule has 0 bridgehead atoms. The number of carbonyl (C=O) groups is 2. The molecule has 1 aliphatic heterocycles. The first-order chi connectivity index (χ1) is 14.9. The number of phenolic OH excluding ortho intramolecular Hbond substituents is 1. The van der Waals surface area contributed by atoms with Crippen molar-refractivity contribution in [3.8, 4) is 11.5 Å². The van der Waals surface area contributed by atoms with Crippen LogP contribution < -0.4 is 10.1 Å². The van der Waals surface area contributed by atoms with Gasteiger partial charge >= 0.3 is 5.97 Å². The third-order valence-corrected chi connectivity index (χ3v) is 6.06. The number of rotatable bonds is 4. The SMILES string of the molecule is COC(=O)C1=C(C)NC2=CC(c3ccccc3)CC(=O)C2C1c1ccc(O)c(OC)c1. The first-order valence-electron chi connectivity index (χ1n) is 10.2. The molecular weight excluding hydrogens is 394 g/mol. The van der Waals surface area contributed by atoms with Crippen LogP contribution in [0.1, 0.15) is 36.3 Å². The van der Waals surface area contributed by atoms with Crippen LogP contribution in [0.15, 0.2) is 71.6 Å². The van der Waals surface area contributed by atoms with Gasteiger partial charge in [-0.1, -0.05) is 42.5 Å². The fraction of sp³-hybridized carbons (Fsp3) is 0.280. The molecule has 0 spiro atoms. The predicted octanol–water partition coefficient (Wildman–Crippen LogP) is 3.79. The maximum Gasteiger partial charge on any atom is 0.336 e. The Kier molecular flexibility index (Phi) is 5.55. The highest BCUT2D eigenvalue weighted by molar-refractivity contribution is 5.96. The molecular formula is C25H25NO5. The number of nitrogens with one attached hydrogen (secondary N) is 1. The summed E-state index contributed by atoms with van der Waals surface area (Å²) in [5.74, 6) is -1.28. The van der Waals surface area contributed by atoms with E-state index in [0.717, 1.165) is 11.3 Å². The largest absolute Gasteiger partial charge is 0.504 e. The zero-order chi connectivity index (χ0) is 22.1. The quantitative estimate of drug-likeness (QED) is 0.734. The van der Waals surface area contributed by atoms with Gasteiger partial charge in [-0.25, -0.2) is 4.79 Å². The van der Waals surface area contributed by atoms with Crippen LogP contribution in [0.3, 0.4) is 0 Å². The minimum atomic E-state index is -0.549. The van der Waals surface area contributed by atoms with Gasteiger partial charge in [-0.3, -0.25) is 4.79 Å². The molecule has 2 aromatic carbocycles. The summed E-state index contributed by atoms with van der Waals surface area (Å²) in [6.45, 7) is 1.81. The van der Waals surface area contributed by atoms with Gasteiger partial charge in [0.2, 0.25) is 0 Å². The van der Waals surface area contributed by atoms with Crippen LogP contribution in [-0.2, 0) is 14.3 Å². The van der Waals surface area contributed by atoms with E-state index >= 15 is 0 Å². The first-order valence-corrected chi connectivity index (χ1v) is 10.2. The van der Waals surface area contributed by atoms with Crippen LogP contribution in [0.5, 0.6) is 11.5 Å². The second-order valence-electron chi connectivity index (χ2n) is 7.85. The van der Waals surface area contributed by atoms with Gasteiger partial charge in [-0.05, 0) is 30.2 Å². The smallest absolute Gasteiger partial charge is 0.336 e. The van der Waals surface area contributed by atoms with E-state index in [1.807, 2.05) is 37.3 Å². The highest BCUT2D eigenvalue weighted by atomic mass is 16.5. The maximum absolute atomic E-state index is 13.4. The normalized spacial score (nSPS) is 22.9. The molecule has 0 saturated carbocycles. The van der Waals surface area contributed by atoms with Crippen molar-refractivity contribution in [2.24, 2.45) is 5.92 Å². The Balaban J connectivity index is 1.86. The topological polar surface area (TPSA) is 84.9 Å². The van der Waals surface area contributed by atoms with Crippen molar-refractivity contribution in [1.29, 1.82) is 0 Å². The number of fused-ring (bicyclic) bond motifs is 1. The number of carbonyl (C=O) groups excluding carboxylic acids is 2. The lowest BCUT2D eigenvalue weighted by Gasteiger charge is -2.39. The van der Waals surface area contributed by atoms with Gasteiger partial charge in [0.05, 0.1) is 25.7 Å². The summed E-state index contributed by atoms with van der Waals surface area (Å²) in [4.78, 5) is 26.2. The molecule has 0 saturated heterocycles. The molecule has 0 amide bonds. The van der Waals surface area contributed by atoms with Crippen molar-refractivity contribution in [2.75, 3.05) is 14.2 Å². The van der Waals surface area contributed by atoms with E-state index in [1.54, 1.807) is 12.1 Å². The number of ketones is 1. The minimum Gasteiger partial charge on any atom is -0.504 e. The van der Waals surface area contributed by atoms with Crippen molar-refractivity contribution in [2.45, 2.75) is 25.2 Å². The lowest BCUT2D eigenvalue weighted by molar-refractivity contribution is -0.136. The molecule has 6 nitrogen and oxygen atoms in total. The number of allylic oxidation sites excluding steroid dienone is 3. The molecule has 4 rings (SSSR count). The highest BCUT2D eigenvalue weighted by Crippen LogP contribution is 2.47. The van der Waals surface area contributed by atoms with Gasteiger partial charge in [-0.2, -0.15) is 0 Å². The molecule has 0 fully saturated rings. The minimum absolute atomic E-state index is 0.00428. The van der Waals surface area contributed by atoms with Crippen LogP contribution in [0, 0.1) is 5.92 Å². The van der Waals surface area contributed by atoms with Gasteiger partial charge in [0, 0.05) is 29.7 Å². The molecule has 6 heteroatoms. The summed E-state index contributed by atoms with van der Waals surface area (Å²) in [6.07, 6.45) is 2.43. The van der Waals surface area contributed by atoms with Crippen LogP contribution in [-0.4, -0.2) is 31.1 Å². The van der Waals surface area contributed by atoms with E-state index in [2.05, 4.69) is 11.4 Å². The summed E-state index contributed by atoms with van der Waals surface area (Å²) in [5.41, 5.74) is 3.62. The number of hydrogen-bond acceptors (Lipinski definition) is 6.